The number of hydrogen-bond donors (Lipinski definition) is 1. The maximum Gasteiger partial charge on any atom is 0.310 e. The Morgan fingerprint density at radius 2 is 2.00 bits per heavy atom. The minimum Gasteiger partial charge on any atom is -0.469 e. The van der Waals surface area contributed by atoms with Gasteiger partial charge in [0.25, 0.3) is 0 Å². The lowest BCUT2D eigenvalue weighted by atomic mass is 9.89. The van der Waals surface area contributed by atoms with Gasteiger partial charge in [-0.1, -0.05) is 12.8 Å². The van der Waals surface area contributed by atoms with E-state index in [1.165, 1.54) is 7.11 Å². The van der Waals surface area contributed by atoms with Crippen LogP contribution in [-0.2, 0) is 19.6 Å². The maximum absolute atomic E-state index is 12.9. The molecule has 1 aliphatic heterocycles. The molecule has 0 bridgehead atoms. The Morgan fingerprint density at radius 3 is 2.65 bits per heavy atom. The molecule has 1 N–H and O–H groups in total. The maximum atomic E-state index is 12.9. The van der Waals surface area contributed by atoms with Crippen molar-refractivity contribution in [3.8, 4) is 0 Å². The molecule has 0 aromatic carbocycles. The van der Waals surface area contributed by atoms with Crippen LogP contribution in [0.25, 0.3) is 0 Å². The number of methoxy groups -OCH3 is 1. The third-order valence-electron chi connectivity index (χ3n) is 4.36. The Kier molecular flexibility index (Phi) is 5.04. The zero-order valence-corrected chi connectivity index (χ0v) is 13.0. The number of carbonyl (C=O) groups excluding carboxylic acids is 1. The molecule has 0 spiro atoms. The summed E-state index contributed by atoms with van der Waals surface area (Å²) in [6.07, 6.45) is 2.91. The molecule has 116 valence electrons. The molecule has 1 saturated heterocycles. The smallest absolute Gasteiger partial charge is 0.310 e. The average molecular weight is 304 g/mol. The van der Waals surface area contributed by atoms with E-state index in [4.69, 9.17) is 4.74 Å². The fourth-order valence-corrected chi connectivity index (χ4v) is 5.65. The van der Waals surface area contributed by atoms with Crippen molar-refractivity contribution in [2.24, 2.45) is 5.92 Å². The lowest BCUT2D eigenvalue weighted by molar-refractivity contribution is -0.146. The molecule has 2 fully saturated rings. The Labute approximate surface area is 120 Å². The van der Waals surface area contributed by atoms with E-state index in [0.717, 1.165) is 12.8 Å². The number of nitrogens with zero attached hydrogens (tertiary/aromatic N) is 1. The first kappa shape index (κ1) is 15.7. The highest BCUT2D eigenvalue weighted by molar-refractivity contribution is 7.89. The Morgan fingerprint density at radius 1 is 1.30 bits per heavy atom. The Balaban J connectivity index is 2.23. The minimum absolute atomic E-state index is 0.0611. The Hall–Kier alpha value is -0.660. The molecule has 0 aromatic heterocycles. The van der Waals surface area contributed by atoms with E-state index in [0.29, 0.717) is 32.5 Å². The van der Waals surface area contributed by atoms with E-state index in [-0.39, 0.29) is 12.0 Å². The van der Waals surface area contributed by atoms with Crippen molar-refractivity contribution in [1.29, 1.82) is 0 Å². The van der Waals surface area contributed by atoms with Gasteiger partial charge in [0.2, 0.25) is 10.0 Å². The van der Waals surface area contributed by atoms with Gasteiger partial charge in [-0.05, 0) is 19.8 Å². The normalized spacial score (nSPS) is 32.8. The number of sulfonamides is 1. The number of ether oxygens (including phenoxy) is 1. The molecule has 2 unspecified atom stereocenters. The van der Waals surface area contributed by atoms with Gasteiger partial charge in [0.05, 0.1) is 18.3 Å². The highest BCUT2D eigenvalue weighted by Crippen LogP contribution is 2.33. The van der Waals surface area contributed by atoms with Crippen molar-refractivity contribution in [3.05, 3.63) is 0 Å². The van der Waals surface area contributed by atoms with Crippen LogP contribution in [0, 0.1) is 5.92 Å². The van der Waals surface area contributed by atoms with Gasteiger partial charge in [-0.15, -0.1) is 0 Å². The lowest BCUT2D eigenvalue weighted by Gasteiger charge is -2.38. The molecule has 1 saturated carbocycles. The molecule has 3 atom stereocenters. The molecule has 1 heterocycles. The van der Waals surface area contributed by atoms with Gasteiger partial charge in [-0.2, -0.15) is 4.31 Å². The van der Waals surface area contributed by atoms with Crippen LogP contribution >= 0.6 is 0 Å². The van der Waals surface area contributed by atoms with Gasteiger partial charge in [0.1, 0.15) is 0 Å². The third-order valence-corrected chi connectivity index (χ3v) is 6.88. The summed E-state index contributed by atoms with van der Waals surface area (Å²) in [4.78, 5) is 11.9. The molecule has 0 radical (unpaired) electrons. The number of rotatable bonds is 3. The number of nitrogens with one attached hydrogen (secondary N) is 1. The molecule has 0 amide bonds. The van der Waals surface area contributed by atoms with Crippen LogP contribution in [0.3, 0.4) is 0 Å². The summed E-state index contributed by atoms with van der Waals surface area (Å²) in [5.41, 5.74) is 0. The summed E-state index contributed by atoms with van der Waals surface area (Å²) in [5, 5.41) is 2.57. The first-order valence-electron chi connectivity index (χ1n) is 7.27. The average Bonchev–Trinajstić information content (AvgIpc) is 2.46. The van der Waals surface area contributed by atoms with Crippen molar-refractivity contribution in [3.63, 3.8) is 0 Å². The van der Waals surface area contributed by atoms with Crippen LogP contribution in [0.2, 0.25) is 0 Å². The van der Waals surface area contributed by atoms with E-state index in [2.05, 4.69) is 5.32 Å². The molecule has 1 aliphatic carbocycles. The van der Waals surface area contributed by atoms with E-state index < -0.39 is 21.2 Å². The van der Waals surface area contributed by atoms with Crippen LogP contribution in [0.15, 0.2) is 0 Å². The summed E-state index contributed by atoms with van der Waals surface area (Å²) < 4.78 is 32.1. The van der Waals surface area contributed by atoms with E-state index in [1.807, 2.05) is 6.92 Å². The zero-order chi connectivity index (χ0) is 14.8. The summed E-state index contributed by atoms with van der Waals surface area (Å²) in [6, 6.07) is -0.0611. The zero-order valence-electron chi connectivity index (χ0n) is 12.2. The van der Waals surface area contributed by atoms with Crippen LogP contribution in [0.4, 0.5) is 0 Å². The monoisotopic (exact) mass is 304 g/mol. The largest absolute Gasteiger partial charge is 0.469 e. The quantitative estimate of drug-likeness (QED) is 0.761. The fraction of sp³-hybridized carbons (Fsp3) is 0.923. The SMILES string of the molecule is COC(=O)C1CCCCC1S(=O)(=O)N1CCNC[C@@H]1C. The number of piperazine rings is 1. The molecule has 20 heavy (non-hydrogen) atoms. The first-order valence-corrected chi connectivity index (χ1v) is 8.78. The van der Waals surface area contributed by atoms with Crippen molar-refractivity contribution in [2.45, 2.75) is 43.9 Å². The highest BCUT2D eigenvalue weighted by Gasteiger charge is 2.44. The standard InChI is InChI=1S/C13H24N2O4S/c1-10-9-14-7-8-15(10)20(17,18)12-6-4-3-5-11(12)13(16)19-2/h10-12,14H,3-9H2,1-2H3/t10-,11?,12?/m0/s1. The number of esters is 1. The van der Waals surface area contributed by atoms with Gasteiger partial charge in [0.15, 0.2) is 0 Å². The van der Waals surface area contributed by atoms with Crippen LogP contribution < -0.4 is 5.32 Å². The summed E-state index contributed by atoms with van der Waals surface area (Å²) in [7, 11) is -2.12. The molecular weight excluding hydrogens is 280 g/mol. The second kappa shape index (κ2) is 6.41. The summed E-state index contributed by atoms with van der Waals surface area (Å²) >= 11 is 0. The lowest BCUT2D eigenvalue weighted by Crippen LogP contribution is -2.56. The van der Waals surface area contributed by atoms with Crippen molar-refractivity contribution in [2.75, 3.05) is 26.7 Å². The predicted molar refractivity (Wildman–Crippen MR) is 75.7 cm³/mol. The van der Waals surface area contributed by atoms with Crippen molar-refractivity contribution >= 4 is 16.0 Å². The fourth-order valence-electron chi connectivity index (χ4n) is 3.25. The van der Waals surface area contributed by atoms with Gasteiger partial charge < -0.3 is 10.1 Å². The molecule has 6 nitrogen and oxygen atoms in total. The summed E-state index contributed by atoms with van der Waals surface area (Å²) in [6.45, 7) is 3.71. The molecule has 2 rings (SSSR count). The minimum atomic E-state index is -3.45. The van der Waals surface area contributed by atoms with Gasteiger partial charge in [-0.3, -0.25) is 4.79 Å². The second-order valence-corrected chi connectivity index (χ2v) is 7.77. The van der Waals surface area contributed by atoms with Crippen LogP contribution in [0.5, 0.6) is 0 Å². The van der Waals surface area contributed by atoms with E-state index in [1.54, 1.807) is 4.31 Å². The molecule has 7 heteroatoms. The summed E-state index contributed by atoms with van der Waals surface area (Å²) in [5.74, 6) is -0.901. The van der Waals surface area contributed by atoms with E-state index >= 15 is 0 Å². The molecule has 2 aliphatic rings. The predicted octanol–water partition coefficient (Wildman–Crippen LogP) is 0.342. The van der Waals surface area contributed by atoms with Crippen molar-refractivity contribution in [1.82, 2.24) is 9.62 Å². The molecule has 0 aromatic rings. The third kappa shape index (κ3) is 2.99. The van der Waals surface area contributed by atoms with Crippen molar-refractivity contribution < 1.29 is 17.9 Å². The van der Waals surface area contributed by atoms with Crippen LogP contribution in [0.1, 0.15) is 32.6 Å². The van der Waals surface area contributed by atoms with E-state index in [9.17, 15) is 13.2 Å². The molecular formula is C13H24N2O4S. The van der Waals surface area contributed by atoms with Gasteiger partial charge in [-0.25, -0.2) is 8.42 Å². The second-order valence-electron chi connectivity index (χ2n) is 5.66. The van der Waals surface area contributed by atoms with Gasteiger partial charge in [0, 0.05) is 25.7 Å². The Bertz CT molecular complexity index is 451. The number of hydrogen-bond acceptors (Lipinski definition) is 5. The van der Waals surface area contributed by atoms with Crippen LogP contribution in [-0.4, -0.2) is 56.7 Å². The highest BCUT2D eigenvalue weighted by atomic mass is 32.2. The number of carbonyl (C=O) groups is 1. The first-order chi connectivity index (χ1) is 9.48. The topological polar surface area (TPSA) is 75.7 Å². The van der Waals surface area contributed by atoms with Gasteiger partial charge >= 0.3 is 5.97 Å².